The fraction of sp³-hybridized carbons (Fsp3) is 0.273. The van der Waals surface area contributed by atoms with E-state index in [2.05, 4.69) is 0 Å². The summed E-state index contributed by atoms with van der Waals surface area (Å²) < 4.78 is 54.9. The number of ether oxygens (including phenoxy) is 3. The molecule has 160 valence electrons. The van der Waals surface area contributed by atoms with Gasteiger partial charge in [0.05, 0.1) is 26.4 Å². The lowest BCUT2D eigenvalue weighted by atomic mass is 10.0. The summed E-state index contributed by atoms with van der Waals surface area (Å²) in [6, 6.07) is 9.86. The first-order valence-corrected chi connectivity index (χ1v) is 8.94. The van der Waals surface area contributed by atoms with Gasteiger partial charge in [-0.1, -0.05) is 24.3 Å². The summed E-state index contributed by atoms with van der Waals surface area (Å²) in [4.78, 5) is 24.2. The first-order valence-electron chi connectivity index (χ1n) is 8.94. The zero-order valence-electron chi connectivity index (χ0n) is 16.7. The number of hydrogen-bond acceptors (Lipinski definition) is 5. The summed E-state index contributed by atoms with van der Waals surface area (Å²) in [7, 11) is 3.00. The maximum atomic E-state index is 13.2. The predicted octanol–water partition coefficient (Wildman–Crippen LogP) is 4.48. The molecule has 0 aliphatic heterocycles. The normalized spacial score (nSPS) is 11.7. The summed E-state index contributed by atoms with van der Waals surface area (Å²) in [5.74, 6) is -0.624. The van der Waals surface area contributed by atoms with E-state index in [0.29, 0.717) is 17.9 Å². The maximum Gasteiger partial charge on any atom is 0.416 e. The molecule has 0 amide bonds. The summed E-state index contributed by atoms with van der Waals surface area (Å²) >= 11 is 0. The van der Waals surface area contributed by atoms with Crippen molar-refractivity contribution in [3.05, 3.63) is 64.7 Å². The van der Waals surface area contributed by atoms with E-state index in [1.54, 1.807) is 18.2 Å². The highest BCUT2D eigenvalue weighted by Gasteiger charge is 2.33. The summed E-state index contributed by atoms with van der Waals surface area (Å²) in [6.07, 6.45) is -3.40. The van der Waals surface area contributed by atoms with Crippen molar-refractivity contribution >= 4 is 17.8 Å². The van der Waals surface area contributed by atoms with Crippen molar-refractivity contribution in [3.8, 4) is 11.5 Å². The van der Waals surface area contributed by atoms with Crippen LogP contribution in [0.1, 0.15) is 23.6 Å². The van der Waals surface area contributed by atoms with E-state index in [0.717, 1.165) is 24.6 Å². The van der Waals surface area contributed by atoms with Crippen LogP contribution in [0.4, 0.5) is 13.2 Å². The molecular formula is C22H21F3O5. The summed E-state index contributed by atoms with van der Waals surface area (Å²) in [5, 5.41) is 0. The molecule has 5 nitrogen and oxygen atoms in total. The van der Waals surface area contributed by atoms with Gasteiger partial charge in [-0.05, 0) is 42.3 Å². The van der Waals surface area contributed by atoms with Gasteiger partial charge < -0.3 is 14.2 Å². The third kappa shape index (κ3) is 5.85. The Labute approximate surface area is 172 Å². The minimum Gasteiger partial charge on any atom is -0.493 e. The molecule has 0 saturated carbocycles. The Morgan fingerprint density at radius 2 is 1.67 bits per heavy atom. The number of esters is 1. The van der Waals surface area contributed by atoms with Crippen LogP contribution in [0.5, 0.6) is 11.5 Å². The van der Waals surface area contributed by atoms with Crippen molar-refractivity contribution in [1.29, 1.82) is 0 Å². The molecule has 2 aromatic rings. The minimum absolute atomic E-state index is 0.0696. The van der Waals surface area contributed by atoms with Gasteiger partial charge in [0.25, 0.3) is 0 Å². The van der Waals surface area contributed by atoms with Gasteiger partial charge in [0.2, 0.25) is 0 Å². The van der Waals surface area contributed by atoms with E-state index in [-0.39, 0.29) is 12.2 Å². The molecule has 0 aliphatic rings. The number of carbonyl (C=O) groups is 2. The average Bonchev–Trinajstić information content (AvgIpc) is 2.71. The number of benzene rings is 2. The first-order chi connectivity index (χ1) is 14.2. The highest BCUT2D eigenvalue weighted by Crippen LogP contribution is 2.33. The molecule has 0 fully saturated rings. The molecule has 30 heavy (non-hydrogen) atoms. The molecule has 2 aromatic carbocycles. The molecular weight excluding hydrogens is 401 g/mol. The number of methoxy groups -OCH3 is 2. The lowest BCUT2D eigenvalue weighted by molar-refractivity contribution is -0.140. The maximum absolute atomic E-state index is 13.2. The number of alkyl halides is 3. The fourth-order valence-corrected chi connectivity index (χ4v) is 2.72. The average molecular weight is 422 g/mol. The Balaban J connectivity index is 2.14. The van der Waals surface area contributed by atoms with Gasteiger partial charge in [-0.15, -0.1) is 0 Å². The Kier molecular flexibility index (Phi) is 7.63. The van der Waals surface area contributed by atoms with Crippen molar-refractivity contribution in [3.63, 3.8) is 0 Å². The van der Waals surface area contributed by atoms with Crippen molar-refractivity contribution < 1.29 is 37.0 Å². The van der Waals surface area contributed by atoms with Gasteiger partial charge in [0, 0.05) is 6.42 Å². The molecule has 0 bridgehead atoms. The molecule has 0 aromatic heterocycles. The van der Waals surface area contributed by atoms with Crippen molar-refractivity contribution in [2.75, 3.05) is 20.8 Å². The predicted molar refractivity (Wildman–Crippen MR) is 104 cm³/mol. The topological polar surface area (TPSA) is 61.8 Å². The van der Waals surface area contributed by atoms with Gasteiger partial charge in [-0.2, -0.15) is 13.2 Å². The van der Waals surface area contributed by atoms with E-state index in [9.17, 15) is 22.8 Å². The second-order valence-corrected chi connectivity index (χ2v) is 6.27. The molecule has 0 aliphatic carbocycles. The number of carbonyl (C=O) groups excluding carboxylic acids is 2. The Bertz CT molecular complexity index is 948. The molecule has 0 radical (unpaired) electrons. The fourth-order valence-electron chi connectivity index (χ4n) is 2.72. The zero-order chi connectivity index (χ0) is 22.3. The monoisotopic (exact) mass is 422 g/mol. The largest absolute Gasteiger partial charge is 0.493 e. The molecule has 2 rings (SSSR count). The smallest absolute Gasteiger partial charge is 0.416 e. The summed E-state index contributed by atoms with van der Waals surface area (Å²) in [6.45, 7) is 1.03. The second kappa shape index (κ2) is 9.96. The second-order valence-electron chi connectivity index (χ2n) is 6.27. The molecule has 8 heteroatoms. The van der Waals surface area contributed by atoms with Gasteiger partial charge in [-0.3, -0.25) is 4.79 Å². The number of hydrogen-bond donors (Lipinski definition) is 0. The Morgan fingerprint density at radius 1 is 1.00 bits per heavy atom. The van der Waals surface area contributed by atoms with E-state index >= 15 is 0 Å². The highest BCUT2D eigenvalue weighted by atomic mass is 19.4. The van der Waals surface area contributed by atoms with Gasteiger partial charge in [0.1, 0.15) is 5.57 Å². The van der Waals surface area contributed by atoms with Crippen LogP contribution in [-0.2, 0) is 26.9 Å². The van der Waals surface area contributed by atoms with Gasteiger partial charge >= 0.3 is 12.1 Å². The molecule has 0 saturated heterocycles. The number of Topliss-reactive ketones (excluding diaryl/α,β-unsaturated/α-hetero) is 1. The Hall–Kier alpha value is -3.29. The lowest BCUT2D eigenvalue weighted by Crippen LogP contribution is -2.16. The Morgan fingerprint density at radius 3 is 2.27 bits per heavy atom. The minimum atomic E-state index is -4.62. The molecule has 0 atom stereocenters. The number of ketones is 1. The van der Waals surface area contributed by atoms with E-state index in [1.807, 2.05) is 0 Å². The van der Waals surface area contributed by atoms with Crippen LogP contribution in [0.2, 0.25) is 0 Å². The standard InChI is InChI=1S/C22H21F3O5/c1-14(26)17(13-16-6-4-5-7-18(16)22(23,24)25)21(27)30-11-10-15-8-9-19(28-2)20(12-15)29-3/h4-9,12-13H,10-11H2,1-3H3. The van der Waals surface area contributed by atoms with Crippen LogP contribution in [0, 0.1) is 0 Å². The van der Waals surface area contributed by atoms with E-state index in [4.69, 9.17) is 14.2 Å². The van der Waals surface area contributed by atoms with Crippen LogP contribution in [0.25, 0.3) is 6.08 Å². The van der Waals surface area contributed by atoms with E-state index in [1.165, 1.54) is 32.4 Å². The van der Waals surface area contributed by atoms with E-state index < -0.39 is 29.1 Å². The van der Waals surface area contributed by atoms with Gasteiger partial charge in [0.15, 0.2) is 17.3 Å². The highest BCUT2D eigenvalue weighted by molar-refractivity contribution is 6.19. The number of rotatable bonds is 8. The van der Waals surface area contributed by atoms with Gasteiger partial charge in [-0.25, -0.2) is 4.79 Å². The van der Waals surface area contributed by atoms with Crippen LogP contribution >= 0.6 is 0 Å². The quantitative estimate of drug-likeness (QED) is 0.272. The van der Waals surface area contributed by atoms with Crippen molar-refractivity contribution in [2.45, 2.75) is 19.5 Å². The lowest BCUT2D eigenvalue weighted by Gasteiger charge is -2.12. The number of halogens is 3. The molecule has 0 spiro atoms. The van der Waals surface area contributed by atoms with Crippen LogP contribution < -0.4 is 9.47 Å². The summed E-state index contributed by atoms with van der Waals surface area (Å²) in [5.41, 5.74) is -0.899. The van der Waals surface area contributed by atoms with Crippen molar-refractivity contribution in [1.82, 2.24) is 0 Å². The van der Waals surface area contributed by atoms with Crippen LogP contribution in [0.15, 0.2) is 48.0 Å². The molecule has 0 heterocycles. The van der Waals surface area contributed by atoms with Crippen LogP contribution in [0.3, 0.4) is 0 Å². The third-order valence-electron chi connectivity index (χ3n) is 4.24. The third-order valence-corrected chi connectivity index (χ3v) is 4.24. The molecule has 0 N–H and O–H groups in total. The van der Waals surface area contributed by atoms with Crippen molar-refractivity contribution in [2.24, 2.45) is 0 Å². The molecule has 0 unspecified atom stereocenters. The first kappa shape index (κ1) is 23.0. The van der Waals surface area contributed by atoms with Crippen LogP contribution in [-0.4, -0.2) is 32.6 Å². The zero-order valence-corrected chi connectivity index (χ0v) is 16.7. The SMILES string of the molecule is COc1ccc(CCOC(=O)C(=Cc2ccccc2C(F)(F)F)C(C)=O)cc1OC.